The lowest BCUT2D eigenvalue weighted by atomic mass is 10.3. The minimum Gasteiger partial charge on any atom is -0.464 e. The zero-order chi connectivity index (χ0) is 16.4. The van der Waals surface area contributed by atoms with E-state index in [1.807, 2.05) is 31.2 Å². The molecule has 5 nitrogen and oxygen atoms in total. The highest BCUT2D eigenvalue weighted by atomic mass is 35.5. The maximum atomic E-state index is 12.2. The summed E-state index contributed by atoms with van der Waals surface area (Å²) in [5.74, 6) is 1.95. The van der Waals surface area contributed by atoms with Crippen LogP contribution >= 0.6 is 23.4 Å². The van der Waals surface area contributed by atoms with Crippen molar-refractivity contribution in [2.75, 3.05) is 12.8 Å². The number of nitrogens with zero attached hydrogens (tertiary/aromatic N) is 2. The predicted octanol–water partition coefficient (Wildman–Crippen LogP) is 3.87. The number of hydrogen-bond donors (Lipinski definition) is 1. The molecule has 0 aliphatic rings. The SMILES string of the molecule is Cc1ccc(CN(C)C(=O)CSc2nc3ccc(Cl)cc3[nH]2)o1. The third kappa shape index (κ3) is 3.89. The van der Waals surface area contributed by atoms with Crippen molar-refractivity contribution in [3.8, 4) is 0 Å². The molecule has 0 saturated heterocycles. The van der Waals surface area contributed by atoms with Gasteiger partial charge in [-0.25, -0.2) is 4.98 Å². The molecule has 3 aromatic rings. The molecule has 0 aliphatic heterocycles. The van der Waals surface area contributed by atoms with Crippen LogP contribution in [-0.4, -0.2) is 33.6 Å². The molecular formula is C16H16ClN3O2S. The Morgan fingerprint density at radius 3 is 2.96 bits per heavy atom. The van der Waals surface area contributed by atoms with E-state index in [0.717, 1.165) is 22.6 Å². The second-order valence-corrected chi connectivity index (χ2v) is 6.65. The number of thioether (sulfide) groups is 1. The summed E-state index contributed by atoms with van der Waals surface area (Å²) >= 11 is 7.32. The Balaban J connectivity index is 1.58. The fourth-order valence-corrected chi connectivity index (χ4v) is 3.16. The molecule has 0 unspecified atom stereocenters. The minimum absolute atomic E-state index is 0.0162. The van der Waals surface area contributed by atoms with Crippen molar-refractivity contribution in [3.05, 3.63) is 46.9 Å². The first-order valence-electron chi connectivity index (χ1n) is 7.08. The Hall–Kier alpha value is -1.92. The van der Waals surface area contributed by atoms with Crippen molar-refractivity contribution in [1.82, 2.24) is 14.9 Å². The molecule has 0 atom stereocenters. The van der Waals surface area contributed by atoms with Gasteiger partial charge in [0, 0.05) is 12.1 Å². The molecule has 0 aliphatic carbocycles. The van der Waals surface area contributed by atoms with E-state index in [0.29, 0.717) is 22.5 Å². The summed E-state index contributed by atoms with van der Waals surface area (Å²) in [6.07, 6.45) is 0. The number of hydrogen-bond acceptors (Lipinski definition) is 4. The summed E-state index contributed by atoms with van der Waals surface area (Å²) in [7, 11) is 1.76. The van der Waals surface area contributed by atoms with E-state index in [9.17, 15) is 4.79 Å². The van der Waals surface area contributed by atoms with Gasteiger partial charge in [-0.05, 0) is 37.3 Å². The molecule has 0 saturated carbocycles. The van der Waals surface area contributed by atoms with Gasteiger partial charge in [-0.3, -0.25) is 4.79 Å². The first kappa shape index (κ1) is 16.0. The van der Waals surface area contributed by atoms with E-state index in [1.54, 1.807) is 18.0 Å². The summed E-state index contributed by atoms with van der Waals surface area (Å²) in [6, 6.07) is 9.24. The number of carbonyl (C=O) groups is 1. The molecule has 2 aromatic heterocycles. The highest BCUT2D eigenvalue weighted by molar-refractivity contribution is 7.99. The molecule has 0 bridgehead atoms. The number of benzene rings is 1. The summed E-state index contributed by atoms with van der Waals surface area (Å²) < 4.78 is 5.49. The smallest absolute Gasteiger partial charge is 0.233 e. The molecule has 120 valence electrons. The number of aromatic amines is 1. The molecule has 1 N–H and O–H groups in total. The predicted molar refractivity (Wildman–Crippen MR) is 91.7 cm³/mol. The first-order valence-corrected chi connectivity index (χ1v) is 8.45. The molecule has 1 aromatic carbocycles. The van der Waals surface area contributed by atoms with E-state index in [4.69, 9.17) is 16.0 Å². The quantitative estimate of drug-likeness (QED) is 0.710. The number of halogens is 1. The molecular weight excluding hydrogens is 334 g/mol. The number of aromatic nitrogens is 2. The fourth-order valence-electron chi connectivity index (χ4n) is 2.16. The maximum Gasteiger partial charge on any atom is 0.233 e. The summed E-state index contributed by atoms with van der Waals surface area (Å²) in [5, 5.41) is 1.36. The van der Waals surface area contributed by atoms with Crippen LogP contribution in [0.2, 0.25) is 5.02 Å². The van der Waals surface area contributed by atoms with Crippen molar-refractivity contribution in [2.45, 2.75) is 18.6 Å². The minimum atomic E-state index is 0.0162. The lowest BCUT2D eigenvalue weighted by Crippen LogP contribution is -2.27. The molecule has 2 heterocycles. The van der Waals surface area contributed by atoms with Crippen LogP contribution in [0.3, 0.4) is 0 Å². The van der Waals surface area contributed by atoms with E-state index < -0.39 is 0 Å². The van der Waals surface area contributed by atoms with Gasteiger partial charge in [0.2, 0.25) is 5.91 Å². The second-order valence-electron chi connectivity index (χ2n) is 5.25. The first-order chi connectivity index (χ1) is 11.0. The number of furan rings is 1. The zero-order valence-electron chi connectivity index (χ0n) is 12.8. The summed E-state index contributed by atoms with van der Waals surface area (Å²) in [6.45, 7) is 2.35. The van der Waals surface area contributed by atoms with Crippen LogP contribution in [0.5, 0.6) is 0 Å². The van der Waals surface area contributed by atoms with E-state index in [1.165, 1.54) is 11.8 Å². The van der Waals surface area contributed by atoms with Crippen molar-refractivity contribution < 1.29 is 9.21 Å². The Labute approximate surface area is 143 Å². The molecule has 23 heavy (non-hydrogen) atoms. The third-order valence-corrected chi connectivity index (χ3v) is 4.46. The Kier molecular flexibility index (Phi) is 4.63. The Morgan fingerprint density at radius 2 is 2.22 bits per heavy atom. The van der Waals surface area contributed by atoms with Gasteiger partial charge in [-0.15, -0.1) is 0 Å². The summed E-state index contributed by atoms with van der Waals surface area (Å²) in [4.78, 5) is 21.4. The third-order valence-electron chi connectivity index (χ3n) is 3.37. The van der Waals surface area contributed by atoms with Crippen LogP contribution in [-0.2, 0) is 11.3 Å². The number of H-pyrrole nitrogens is 1. The molecule has 0 spiro atoms. The average Bonchev–Trinajstić information content (AvgIpc) is 3.10. The van der Waals surface area contributed by atoms with E-state index in [2.05, 4.69) is 9.97 Å². The number of amides is 1. The standard InChI is InChI=1S/C16H16ClN3O2S/c1-10-3-5-12(22-10)8-20(2)15(21)9-23-16-18-13-6-4-11(17)7-14(13)19-16/h3-7H,8-9H2,1-2H3,(H,18,19). The van der Waals surface area contributed by atoms with Gasteiger partial charge in [0.15, 0.2) is 5.16 Å². The zero-order valence-corrected chi connectivity index (χ0v) is 14.4. The van der Waals surface area contributed by atoms with Gasteiger partial charge in [0.1, 0.15) is 11.5 Å². The van der Waals surface area contributed by atoms with Crippen LogP contribution in [0, 0.1) is 6.92 Å². The van der Waals surface area contributed by atoms with E-state index in [-0.39, 0.29) is 5.91 Å². The van der Waals surface area contributed by atoms with Gasteiger partial charge in [0.25, 0.3) is 0 Å². The van der Waals surface area contributed by atoms with Gasteiger partial charge in [0.05, 0.1) is 23.3 Å². The average molecular weight is 350 g/mol. The highest BCUT2D eigenvalue weighted by Gasteiger charge is 2.13. The molecule has 3 rings (SSSR count). The van der Waals surface area contributed by atoms with Crippen molar-refractivity contribution in [1.29, 1.82) is 0 Å². The molecule has 7 heteroatoms. The van der Waals surface area contributed by atoms with Crippen molar-refractivity contribution in [3.63, 3.8) is 0 Å². The van der Waals surface area contributed by atoms with Crippen molar-refractivity contribution >= 4 is 40.3 Å². The van der Waals surface area contributed by atoms with Crippen LogP contribution in [0.15, 0.2) is 39.9 Å². The fraction of sp³-hybridized carbons (Fsp3) is 0.250. The number of rotatable bonds is 5. The topological polar surface area (TPSA) is 62.1 Å². The number of aryl methyl sites for hydroxylation is 1. The van der Waals surface area contributed by atoms with Gasteiger partial charge < -0.3 is 14.3 Å². The Morgan fingerprint density at radius 1 is 1.39 bits per heavy atom. The number of fused-ring (bicyclic) bond motifs is 1. The molecule has 0 radical (unpaired) electrons. The number of imidazole rings is 1. The Bertz CT molecular complexity index is 843. The van der Waals surface area contributed by atoms with Crippen LogP contribution in [0.1, 0.15) is 11.5 Å². The van der Waals surface area contributed by atoms with Crippen LogP contribution < -0.4 is 0 Å². The van der Waals surface area contributed by atoms with Crippen LogP contribution in [0.25, 0.3) is 11.0 Å². The summed E-state index contributed by atoms with van der Waals surface area (Å²) in [5.41, 5.74) is 1.70. The molecule has 1 amide bonds. The van der Waals surface area contributed by atoms with Gasteiger partial charge in [-0.1, -0.05) is 23.4 Å². The lowest BCUT2D eigenvalue weighted by Gasteiger charge is -2.14. The van der Waals surface area contributed by atoms with Crippen molar-refractivity contribution in [2.24, 2.45) is 0 Å². The van der Waals surface area contributed by atoms with Gasteiger partial charge >= 0.3 is 0 Å². The monoisotopic (exact) mass is 349 g/mol. The maximum absolute atomic E-state index is 12.2. The normalized spacial score (nSPS) is 11.1. The van der Waals surface area contributed by atoms with E-state index >= 15 is 0 Å². The van der Waals surface area contributed by atoms with Crippen LogP contribution in [0.4, 0.5) is 0 Å². The lowest BCUT2D eigenvalue weighted by molar-refractivity contribution is -0.127. The highest BCUT2D eigenvalue weighted by Crippen LogP contribution is 2.22. The number of carbonyl (C=O) groups excluding carboxylic acids is 1. The van der Waals surface area contributed by atoms with Gasteiger partial charge in [-0.2, -0.15) is 0 Å². The number of nitrogens with one attached hydrogen (secondary N) is 1. The molecule has 0 fully saturated rings. The largest absolute Gasteiger partial charge is 0.464 e. The second kappa shape index (κ2) is 6.68.